The van der Waals surface area contributed by atoms with Gasteiger partial charge in [0.25, 0.3) is 0 Å². The lowest BCUT2D eigenvalue weighted by Crippen LogP contribution is -2.39. The third kappa shape index (κ3) is 4.74. The quantitative estimate of drug-likeness (QED) is 0.638. The standard InChI is InChI=1S/C23H25N5O3/c1-15(29)24-20-14-28(21(30)12-16-8-10-18(31-2)11-9-16)13-19(20)23-25-22(26-27-23)17-6-4-3-5-7-17/h3-11,19-20H,12-14H2,1-2H3,(H,24,29)(H,25,26,27)/t19-,20-/m1/s1. The van der Waals surface area contributed by atoms with Gasteiger partial charge in [0, 0.05) is 25.6 Å². The Morgan fingerprint density at radius 3 is 2.55 bits per heavy atom. The molecule has 3 aromatic rings. The van der Waals surface area contributed by atoms with Crippen molar-refractivity contribution in [2.45, 2.75) is 25.3 Å². The Morgan fingerprint density at radius 1 is 1.13 bits per heavy atom. The molecule has 2 aromatic carbocycles. The van der Waals surface area contributed by atoms with Crippen molar-refractivity contribution in [3.63, 3.8) is 0 Å². The zero-order valence-corrected chi connectivity index (χ0v) is 17.5. The van der Waals surface area contributed by atoms with Gasteiger partial charge in [0.15, 0.2) is 5.82 Å². The second-order valence-corrected chi connectivity index (χ2v) is 7.65. The van der Waals surface area contributed by atoms with Gasteiger partial charge < -0.3 is 15.0 Å². The predicted molar refractivity (Wildman–Crippen MR) is 115 cm³/mol. The highest BCUT2D eigenvalue weighted by molar-refractivity contribution is 5.80. The maximum absolute atomic E-state index is 12.9. The number of carbonyl (C=O) groups is 2. The first kappa shape index (κ1) is 20.6. The number of nitrogens with one attached hydrogen (secondary N) is 2. The van der Waals surface area contributed by atoms with Gasteiger partial charge in [-0.1, -0.05) is 42.5 Å². The van der Waals surface area contributed by atoms with Crippen LogP contribution in [0.15, 0.2) is 54.6 Å². The van der Waals surface area contributed by atoms with E-state index in [0.29, 0.717) is 24.7 Å². The van der Waals surface area contributed by atoms with Gasteiger partial charge in [-0.25, -0.2) is 4.98 Å². The molecule has 2 heterocycles. The number of methoxy groups -OCH3 is 1. The fraction of sp³-hybridized carbons (Fsp3) is 0.304. The van der Waals surface area contributed by atoms with Crippen LogP contribution in [0.25, 0.3) is 11.4 Å². The highest BCUT2D eigenvalue weighted by Crippen LogP contribution is 2.27. The van der Waals surface area contributed by atoms with Crippen molar-refractivity contribution >= 4 is 11.8 Å². The van der Waals surface area contributed by atoms with Crippen molar-refractivity contribution in [2.75, 3.05) is 20.2 Å². The maximum atomic E-state index is 12.9. The summed E-state index contributed by atoms with van der Waals surface area (Å²) in [5.41, 5.74) is 1.82. The van der Waals surface area contributed by atoms with Gasteiger partial charge in [-0.05, 0) is 17.7 Å². The van der Waals surface area contributed by atoms with Crippen LogP contribution in [-0.2, 0) is 16.0 Å². The summed E-state index contributed by atoms with van der Waals surface area (Å²) < 4.78 is 5.17. The third-order valence-corrected chi connectivity index (χ3v) is 5.46. The van der Waals surface area contributed by atoms with E-state index >= 15 is 0 Å². The van der Waals surface area contributed by atoms with E-state index in [2.05, 4.69) is 20.5 Å². The number of carbonyl (C=O) groups excluding carboxylic acids is 2. The summed E-state index contributed by atoms with van der Waals surface area (Å²) in [5, 5.41) is 10.3. The van der Waals surface area contributed by atoms with Gasteiger partial charge in [-0.3, -0.25) is 14.7 Å². The lowest BCUT2D eigenvalue weighted by Gasteiger charge is -2.17. The molecule has 8 nitrogen and oxygen atoms in total. The second kappa shape index (κ2) is 8.99. The van der Waals surface area contributed by atoms with E-state index in [9.17, 15) is 9.59 Å². The minimum atomic E-state index is -0.228. The highest BCUT2D eigenvalue weighted by atomic mass is 16.5. The monoisotopic (exact) mass is 419 g/mol. The molecule has 4 rings (SSSR count). The largest absolute Gasteiger partial charge is 0.497 e. The van der Waals surface area contributed by atoms with E-state index in [0.717, 1.165) is 16.9 Å². The molecule has 2 N–H and O–H groups in total. The van der Waals surface area contributed by atoms with E-state index in [1.165, 1.54) is 6.92 Å². The molecule has 1 aliphatic rings. The predicted octanol–water partition coefficient (Wildman–Crippen LogP) is 2.15. The average molecular weight is 419 g/mol. The number of hydrogen-bond acceptors (Lipinski definition) is 5. The summed E-state index contributed by atoms with van der Waals surface area (Å²) in [6, 6.07) is 16.9. The summed E-state index contributed by atoms with van der Waals surface area (Å²) >= 11 is 0. The second-order valence-electron chi connectivity index (χ2n) is 7.65. The summed E-state index contributed by atoms with van der Waals surface area (Å²) in [6.07, 6.45) is 0.287. The topological polar surface area (TPSA) is 100 Å². The Hall–Kier alpha value is -3.68. The first-order valence-corrected chi connectivity index (χ1v) is 10.2. The van der Waals surface area contributed by atoms with E-state index < -0.39 is 0 Å². The van der Waals surface area contributed by atoms with Crippen LogP contribution < -0.4 is 10.1 Å². The first-order chi connectivity index (χ1) is 15.0. The van der Waals surface area contributed by atoms with Crippen molar-refractivity contribution in [1.29, 1.82) is 0 Å². The normalized spacial score (nSPS) is 18.1. The summed E-state index contributed by atoms with van der Waals surface area (Å²) in [4.78, 5) is 31.1. The molecule has 2 atom stereocenters. The van der Waals surface area contributed by atoms with Crippen LogP contribution >= 0.6 is 0 Å². The minimum Gasteiger partial charge on any atom is -0.497 e. The highest BCUT2D eigenvalue weighted by Gasteiger charge is 2.38. The van der Waals surface area contributed by atoms with E-state index in [-0.39, 0.29) is 30.2 Å². The smallest absolute Gasteiger partial charge is 0.227 e. The van der Waals surface area contributed by atoms with Gasteiger partial charge in [0.05, 0.1) is 25.5 Å². The number of hydrogen-bond donors (Lipinski definition) is 2. The molecule has 0 spiro atoms. The van der Waals surface area contributed by atoms with Crippen LogP contribution in [-0.4, -0.2) is 58.1 Å². The Kier molecular flexibility index (Phi) is 5.97. The van der Waals surface area contributed by atoms with Crippen molar-refractivity contribution in [3.8, 4) is 17.1 Å². The van der Waals surface area contributed by atoms with Gasteiger partial charge in [-0.2, -0.15) is 5.10 Å². The molecule has 0 saturated carbocycles. The molecule has 0 unspecified atom stereocenters. The summed E-state index contributed by atoms with van der Waals surface area (Å²) in [6.45, 7) is 2.37. The van der Waals surface area contributed by atoms with Crippen LogP contribution in [0.3, 0.4) is 0 Å². The molecule has 2 amide bonds. The van der Waals surface area contributed by atoms with Crippen LogP contribution in [0.1, 0.15) is 24.2 Å². The number of aromatic nitrogens is 3. The van der Waals surface area contributed by atoms with Gasteiger partial charge in [-0.15, -0.1) is 0 Å². The van der Waals surface area contributed by atoms with Crippen LogP contribution in [0.2, 0.25) is 0 Å². The van der Waals surface area contributed by atoms with Crippen molar-refractivity contribution in [2.24, 2.45) is 0 Å². The summed E-state index contributed by atoms with van der Waals surface area (Å²) in [7, 11) is 1.61. The lowest BCUT2D eigenvalue weighted by atomic mass is 10.0. The van der Waals surface area contributed by atoms with Gasteiger partial charge in [0.1, 0.15) is 11.6 Å². The molecule has 8 heteroatoms. The number of nitrogens with zero attached hydrogens (tertiary/aromatic N) is 3. The Balaban J connectivity index is 1.50. The Morgan fingerprint density at radius 2 is 1.87 bits per heavy atom. The zero-order chi connectivity index (χ0) is 21.8. The van der Waals surface area contributed by atoms with Crippen LogP contribution in [0, 0.1) is 0 Å². The molecular formula is C23H25N5O3. The third-order valence-electron chi connectivity index (χ3n) is 5.46. The molecule has 160 valence electrons. The first-order valence-electron chi connectivity index (χ1n) is 10.2. The molecule has 0 bridgehead atoms. The number of benzene rings is 2. The number of H-pyrrole nitrogens is 1. The molecule has 1 saturated heterocycles. The van der Waals surface area contributed by atoms with Crippen molar-refractivity contribution < 1.29 is 14.3 Å². The zero-order valence-electron chi connectivity index (χ0n) is 17.5. The van der Waals surface area contributed by atoms with Gasteiger partial charge >= 0.3 is 0 Å². The molecule has 0 aliphatic carbocycles. The Bertz CT molecular complexity index is 1050. The number of aromatic amines is 1. The van der Waals surface area contributed by atoms with E-state index in [1.54, 1.807) is 12.0 Å². The summed E-state index contributed by atoms with van der Waals surface area (Å²) in [5.74, 6) is 1.72. The molecule has 1 aromatic heterocycles. The molecule has 31 heavy (non-hydrogen) atoms. The number of ether oxygens (including phenoxy) is 1. The Labute approximate surface area is 180 Å². The lowest BCUT2D eigenvalue weighted by molar-refractivity contribution is -0.129. The minimum absolute atomic E-state index is 0.00539. The van der Waals surface area contributed by atoms with Crippen LogP contribution in [0.5, 0.6) is 5.75 Å². The fourth-order valence-electron chi connectivity index (χ4n) is 3.88. The van der Waals surface area contributed by atoms with Crippen molar-refractivity contribution in [1.82, 2.24) is 25.4 Å². The van der Waals surface area contributed by atoms with Crippen LogP contribution in [0.4, 0.5) is 0 Å². The van der Waals surface area contributed by atoms with E-state index in [1.807, 2.05) is 54.6 Å². The molecule has 1 aliphatic heterocycles. The maximum Gasteiger partial charge on any atom is 0.227 e. The number of rotatable bonds is 6. The van der Waals surface area contributed by atoms with E-state index in [4.69, 9.17) is 4.74 Å². The van der Waals surface area contributed by atoms with Gasteiger partial charge in [0.2, 0.25) is 11.8 Å². The fourth-order valence-corrected chi connectivity index (χ4v) is 3.88. The molecule has 1 fully saturated rings. The number of likely N-dealkylation sites (tertiary alicyclic amines) is 1. The SMILES string of the molecule is COc1ccc(CC(=O)N2C[C@@H](NC(C)=O)[C@H](c3nc(-c4ccccc4)n[nH]3)C2)cc1. The molecule has 0 radical (unpaired) electrons. The average Bonchev–Trinajstić information content (AvgIpc) is 3.42. The number of amides is 2. The molecular weight excluding hydrogens is 394 g/mol. The van der Waals surface area contributed by atoms with Crippen molar-refractivity contribution in [3.05, 3.63) is 66.0 Å².